The predicted octanol–water partition coefficient (Wildman–Crippen LogP) is 8.05. The quantitative estimate of drug-likeness (QED) is 0.151. The van der Waals surface area contributed by atoms with Crippen LogP contribution in [0.3, 0.4) is 0 Å². The van der Waals surface area contributed by atoms with Crippen molar-refractivity contribution in [3.8, 4) is 17.2 Å². The summed E-state index contributed by atoms with van der Waals surface area (Å²) in [7, 11) is 0. The summed E-state index contributed by atoms with van der Waals surface area (Å²) in [6.07, 6.45) is 11.9. The molecule has 3 aromatic rings. The fraction of sp³-hybridized carbons (Fsp3) is 0.242. The van der Waals surface area contributed by atoms with Crippen molar-refractivity contribution in [1.82, 2.24) is 0 Å². The number of rotatable bonds is 12. The lowest BCUT2D eigenvalue weighted by Crippen LogP contribution is -2.03. The van der Waals surface area contributed by atoms with E-state index in [4.69, 9.17) is 4.74 Å². The second-order valence-corrected chi connectivity index (χ2v) is 9.47. The summed E-state index contributed by atoms with van der Waals surface area (Å²) < 4.78 is 6.08. The van der Waals surface area contributed by atoms with Crippen molar-refractivity contribution in [1.29, 1.82) is 0 Å². The standard InChI is InChI=1S/C33H36O4/c1-24(2)9-7-8-10-25(3)13-19-30-32(37-23-27-11-5-4-6-12-27)22-20-29(33(30)36)31(35)21-16-26-14-17-28(34)18-15-26/h4-7,9,11-18,20-22,24,34,36H,8,10,19,23H2,1-3H3/b9-7?,21-16+,25-13+. The molecule has 2 N–H and O–H groups in total. The van der Waals surface area contributed by atoms with Gasteiger partial charge in [-0.15, -0.1) is 0 Å². The fourth-order valence-electron chi connectivity index (χ4n) is 3.79. The minimum Gasteiger partial charge on any atom is -0.508 e. The molecule has 4 nitrogen and oxygen atoms in total. The number of phenolic OH excluding ortho intramolecular Hbond substituents is 2. The highest BCUT2D eigenvalue weighted by molar-refractivity contribution is 6.09. The van der Waals surface area contributed by atoms with Gasteiger partial charge in [0.05, 0.1) is 5.56 Å². The van der Waals surface area contributed by atoms with E-state index in [0.29, 0.717) is 30.3 Å². The molecule has 192 valence electrons. The van der Waals surface area contributed by atoms with Crippen molar-refractivity contribution < 1.29 is 19.7 Å². The molecule has 0 atom stereocenters. The number of benzene rings is 3. The summed E-state index contributed by atoms with van der Waals surface area (Å²) in [4.78, 5) is 13.0. The van der Waals surface area contributed by atoms with Gasteiger partial charge in [-0.3, -0.25) is 4.79 Å². The first-order chi connectivity index (χ1) is 17.8. The van der Waals surface area contributed by atoms with Crippen molar-refractivity contribution in [3.05, 3.63) is 119 Å². The summed E-state index contributed by atoms with van der Waals surface area (Å²) in [5.74, 6) is 0.893. The van der Waals surface area contributed by atoms with Crippen LogP contribution in [0.25, 0.3) is 6.08 Å². The van der Waals surface area contributed by atoms with Crippen LogP contribution in [0.15, 0.2) is 96.6 Å². The second kappa shape index (κ2) is 13.9. The predicted molar refractivity (Wildman–Crippen MR) is 151 cm³/mol. The zero-order valence-electron chi connectivity index (χ0n) is 21.9. The van der Waals surface area contributed by atoms with E-state index in [1.807, 2.05) is 30.3 Å². The van der Waals surface area contributed by atoms with Gasteiger partial charge in [-0.25, -0.2) is 0 Å². The van der Waals surface area contributed by atoms with Gasteiger partial charge in [0.1, 0.15) is 23.9 Å². The molecule has 0 aliphatic rings. The van der Waals surface area contributed by atoms with Crippen LogP contribution in [-0.2, 0) is 13.0 Å². The average molecular weight is 497 g/mol. The van der Waals surface area contributed by atoms with E-state index in [-0.39, 0.29) is 22.8 Å². The van der Waals surface area contributed by atoms with Gasteiger partial charge in [0.15, 0.2) is 5.78 Å². The zero-order chi connectivity index (χ0) is 26.6. The molecule has 0 bridgehead atoms. The molecule has 37 heavy (non-hydrogen) atoms. The van der Waals surface area contributed by atoms with E-state index >= 15 is 0 Å². The number of phenols is 2. The summed E-state index contributed by atoms with van der Waals surface area (Å²) >= 11 is 0. The highest BCUT2D eigenvalue weighted by Gasteiger charge is 2.17. The molecule has 0 spiro atoms. The summed E-state index contributed by atoms with van der Waals surface area (Å²) in [5.41, 5.74) is 3.83. The minimum absolute atomic E-state index is 0.0605. The van der Waals surface area contributed by atoms with Gasteiger partial charge in [0, 0.05) is 5.56 Å². The molecule has 0 aliphatic heterocycles. The first kappa shape index (κ1) is 27.5. The average Bonchev–Trinajstić information content (AvgIpc) is 2.89. The van der Waals surface area contributed by atoms with Crippen LogP contribution in [0.4, 0.5) is 0 Å². The Labute approximate surface area is 220 Å². The van der Waals surface area contributed by atoms with E-state index in [9.17, 15) is 15.0 Å². The molecular formula is C33H36O4. The molecule has 3 aromatic carbocycles. The number of ketones is 1. The number of carbonyl (C=O) groups excluding carboxylic acids is 1. The van der Waals surface area contributed by atoms with Gasteiger partial charge in [0.2, 0.25) is 0 Å². The van der Waals surface area contributed by atoms with Gasteiger partial charge in [-0.05, 0) is 73.6 Å². The second-order valence-electron chi connectivity index (χ2n) is 9.47. The Kier molecular flexibility index (Phi) is 10.3. The Morgan fingerprint density at radius 3 is 2.41 bits per heavy atom. The number of aromatic hydroxyl groups is 2. The minimum atomic E-state index is -0.305. The maximum absolute atomic E-state index is 13.0. The number of ether oxygens (including phenoxy) is 1. The molecule has 4 heteroatoms. The normalized spacial score (nSPS) is 12.1. The smallest absolute Gasteiger partial charge is 0.189 e. The van der Waals surface area contributed by atoms with Gasteiger partial charge >= 0.3 is 0 Å². The maximum atomic E-state index is 13.0. The van der Waals surface area contributed by atoms with Crippen LogP contribution < -0.4 is 4.74 Å². The van der Waals surface area contributed by atoms with Crippen molar-refractivity contribution in [2.75, 3.05) is 0 Å². The van der Waals surface area contributed by atoms with E-state index in [2.05, 4.69) is 39.0 Å². The third kappa shape index (κ3) is 8.84. The van der Waals surface area contributed by atoms with Crippen LogP contribution in [0.2, 0.25) is 0 Å². The molecule has 0 unspecified atom stereocenters. The highest BCUT2D eigenvalue weighted by Crippen LogP contribution is 2.34. The van der Waals surface area contributed by atoms with Crippen LogP contribution in [0, 0.1) is 5.92 Å². The first-order valence-corrected chi connectivity index (χ1v) is 12.7. The summed E-state index contributed by atoms with van der Waals surface area (Å²) in [5, 5.41) is 20.6. The lowest BCUT2D eigenvalue weighted by molar-refractivity contribution is 0.104. The third-order valence-electron chi connectivity index (χ3n) is 5.94. The molecule has 0 heterocycles. The Morgan fingerprint density at radius 2 is 1.70 bits per heavy atom. The summed E-state index contributed by atoms with van der Waals surface area (Å²) in [6.45, 7) is 6.77. The Hall–Kier alpha value is -4.05. The third-order valence-corrected chi connectivity index (χ3v) is 5.94. The molecule has 0 saturated carbocycles. The van der Waals surface area contributed by atoms with E-state index in [0.717, 1.165) is 24.0 Å². The molecule has 0 radical (unpaired) electrons. The van der Waals surface area contributed by atoms with Crippen LogP contribution in [0.1, 0.15) is 60.7 Å². The van der Waals surface area contributed by atoms with E-state index < -0.39 is 0 Å². The Balaban J connectivity index is 1.82. The fourth-order valence-corrected chi connectivity index (χ4v) is 3.79. The van der Waals surface area contributed by atoms with E-state index in [1.54, 1.807) is 42.5 Å². The van der Waals surface area contributed by atoms with Gasteiger partial charge in [-0.1, -0.05) is 86.2 Å². The highest BCUT2D eigenvalue weighted by atomic mass is 16.5. The molecule has 0 aromatic heterocycles. The van der Waals surface area contributed by atoms with Crippen LogP contribution in [-0.4, -0.2) is 16.0 Å². The van der Waals surface area contributed by atoms with Crippen LogP contribution >= 0.6 is 0 Å². The van der Waals surface area contributed by atoms with Crippen molar-refractivity contribution in [2.45, 2.75) is 46.6 Å². The SMILES string of the molecule is C/C(=C\Cc1c(OCc2ccccc2)ccc(C(=O)/C=C/c2ccc(O)cc2)c1O)CCC=CC(C)C. The maximum Gasteiger partial charge on any atom is 0.189 e. The van der Waals surface area contributed by atoms with Crippen molar-refractivity contribution in [2.24, 2.45) is 5.92 Å². The lowest BCUT2D eigenvalue weighted by Gasteiger charge is -2.15. The molecule has 0 aliphatic carbocycles. The Bertz CT molecular complexity index is 1250. The molecule has 3 rings (SSSR count). The monoisotopic (exact) mass is 496 g/mol. The number of hydrogen-bond donors (Lipinski definition) is 2. The molecule has 0 saturated heterocycles. The van der Waals surface area contributed by atoms with Crippen molar-refractivity contribution >= 4 is 11.9 Å². The van der Waals surface area contributed by atoms with Crippen molar-refractivity contribution in [3.63, 3.8) is 0 Å². The lowest BCUT2D eigenvalue weighted by atomic mass is 9.99. The topological polar surface area (TPSA) is 66.8 Å². The zero-order valence-corrected chi connectivity index (χ0v) is 21.9. The number of hydrogen-bond acceptors (Lipinski definition) is 4. The molecular weight excluding hydrogens is 460 g/mol. The summed E-state index contributed by atoms with van der Waals surface area (Å²) in [6, 6.07) is 19.8. The van der Waals surface area contributed by atoms with E-state index in [1.165, 1.54) is 11.6 Å². The first-order valence-electron chi connectivity index (χ1n) is 12.7. The molecule has 0 fully saturated rings. The number of carbonyl (C=O) groups is 1. The van der Waals surface area contributed by atoms with Gasteiger partial charge < -0.3 is 14.9 Å². The Morgan fingerprint density at radius 1 is 0.973 bits per heavy atom. The van der Waals surface area contributed by atoms with Gasteiger partial charge in [-0.2, -0.15) is 0 Å². The number of allylic oxidation sites excluding steroid dienone is 5. The van der Waals surface area contributed by atoms with Gasteiger partial charge in [0.25, 0.3) is 0 Å². The molecule has 0 amide bonds. The van der Waals surface area contributed by atoms with Crippen LogP contribution in [0.5, 0.6) is 17.2 Å². The largest absolute Gasteiger partial charge is 0.508 e.